The van der Waals surface area contributed by atoms with Crippen LogP contribution in [-0.4, -0.2) is 11.9 Å². The second-order valence-electron chi connectivity index (χ2n) is 5.79. The Hall–Kier alpha value is -1.81. The Morgan fingerprint density at radius 1 is 1.29 bits per heavy atom. The topological polar surface area (TPSA) is 41.1 Å². The van der Waals surface area contributed by atoms with Crippen molar-refractivity contribution in [3.8, 4) is 0 Å². The first-order valence-corrected chi connectivity index (χ1v) is 8.34. The number of nitrogens with one attached hydrogen (secondary N) is 2. The van der Waals surface area contributed by atoms with Gasteiger partial charge < -0.3 is 10.6 Å². The lowest BCUT2D eigenvalue weighted by molar-refractivity contribution is -0.121. The first-order valence-electron chi connectivity index (χ1n) is 7.52. The number of anilines is 1. The van der Waals surface area contributed by atoms with Gasteiger partial charge in [0.2, 0.25) is 5.91 Å². The Bertz CT molecular complexity index is 645. The van der Waals surface area contributed by atoms with Gasteiger partial charge in [-0.05, 0) is 42.5 Å². The van der Waals surface area contributed by atoms with Gasteiger partial charge in [0.25, 0.3) is 0 Å². The lowest BCUT2D eigenvalue weighted by Gasteiger charge is -2.11. The van der Waals surface area contributed by atoms with E-state index in [2.05, 4.69) is 22.8 Å². The average molecular weight is 298 g/mol. The lowest BCUT2D eigenvalue weighted by atomic mass is 10.1. The standard InChI is InChI=1S/C17H18N2OS/c20-17(15-9-11-4-1-2-6-14(11)19-15)18-10-13-8-12-5-3-7-16(12)21-13/h1-2,4,6,8,15,19H,3,5,7,9-10H2,(H,18,20). The lowest BCUT2D eigenvalue weighted by Crippen LogP contribution is -2.37. The molecule has 0 bridgehead atoms. The molecule has 0 fully saturated rings. The maximum atomic E-state index is 12.3. The Morgan fingerprint density at radius 3 is 3.05 bits per heavy atom. The summed E-state index contributed by atoms with van der Waals surface area (Å²) in [5, 5.41) is 6.37. The summed E-state index contributed by atoms with van der Waals surface area (Å²) in [6, 6.07) is 10.3. The molecule has 108 valence electrons. The van der Waals surface area contributed by atoms with E-state index in [1.54, 1.807) is 0 Å². The van der Waals surface area contributed by atoms with E-state index in [4.69, 9.17) is 0 Å². The highest BCUT2D eigenvalue weighted by Gasteiger charge is 2.26. The Kier molecular flexibility index (Phi) is 3.19. The third-order valence-corrected chi connectivity index (χ3v) is 5.56. The Morgan fingerprint density at radius 2 is 2.19 bits per heavy atom. The van der Waals surface area contributed by atoms with Crippen LogP contribution in [0.5, 0.6) is 0 Å². The van der Waals surface area contributed by atoms with Crippen LogP contribution >= 0.6 is 11.3 Å². The largest absolute Gasteiger partial charge is 0.373 e. The summed E-state index contributed by atoms with van der Waals surface area (Å²) >= 11 is 1.86. The number of aryl methyl sites for hydroxylation is 2. The molecule has 1 unspecified atom stereocenters. The number of benzene rings is 1. The number of para-hydroxylation sites is 1. The quantitative estimate of drug-likeness (QED) is 0.915. The van der Waals surface area contributed by atoms with Crippen molar-refractivity contribution in [1.82, 2.24) is 5.32 Å². The molecule has 2 heterocycles. The van der Waals surface area contributed by atoms with Crippen molar-refractivity contribution < 1.29 is 4.79 Å². The first kappa shape index (κ1) is 12.9. The number of hydrogen-bond acceptors (Lipinski definition) is 3. The Balaban J connectivity index is 1.36. The number of thiophene rings is 1. The normalized spacial score (nSPS) is 19.0. The molecule has 2 aliphatic rings. The zero-order valence-electron chi connectivity index (χ0n) is 11.8. The molecule has 3 nitrogen and oxygen atoms in total. The monoisotopic (exact) mass is 298 g/mol. The zero-order chi connectivity index (χ0) is 14.2. The van der Waals surface area contributed by atoms with Gasteiger partial charge in [-0.1, -0.05) is 18.2 Å². The molecular weight excluding hydrogens is 280 g/mol. The summed E-state index contributed by atoms with van der Waals surface area (Å²) in [6.07, 6.45) is 4.49. The highest BCUT2D eigenvalue weighted by atomic mass is 32.1. The van der Waals surface area contributed by atoms with Crippen molar-refractivity contribution in [2.75, 3.05) is 5.32 Å². The van der Waals surface area contributed by atoms with Crippen LogP contribution in [0.25, 0.3) is 0 Å². The molecule has 1 atom stereocenters. The third-order valence-electron chi connectivity index (χ3n) is 4.32. The van der Waals surface area contributed by atoms with Crippen LogP contribution in [0.1, 0.15) is 27.3 Å². The first-order chi connectivity index (χ1) is 10.3. The molecule has 2 N–H and O–H groups in total. The summed E-state index contributed by atoms with van der Waals surface area (Å²) in [7, 11) is 0. The highest BCUT2D eigenvalue weighted by molar-refractivity contribution is 7.12. The maximum absolute atomic E-state index is 12.3. The SMILES string of the molecule is O=C(NCc1cc2c(s1)CCC2)C1Cc2ccccc2N1. The molecule has 21 heavy (non-hydrogen) atoms. The van der Waals surface area contributed by atoms with E-state index in [-0.39, 0.29) is 11.9 Å². The van der Waals surface area contributed by atoms with Crippen LogP contribution in [0, 0.1) is 0 Å². The summed E-state index contributed by atoms with van der Waals surface area (Å²) < 4.78 is 0. The molecule has 0 saturated carbocycles. The minimum Gasteiger partial charge on any atom is -0.373 e. The summed E-state index contributed by atoms with van der Waals surface area (Å²) in [5.41, 5.74) is 3.82. The van der Waals surface area contributed by atoms with Crippen LogP contribution in [0.15, 0.2) is 30.3 Å². The van der Waals surface area contributed by atoms with Gasteiger partial charge in [0.1, 0.15) is 6.04 Å². The second kappa shape index (κ2) is 5.19. The number of rotatable bonds is 3. The number of amides is 1. The van der Waals surface area contributed by atoms with Crippen molar-refractivity contribution in [2.24, 2.45) is 0 Å². The van der Waals surface area contributed by atoms with Crippen molar-refractivity contribution >= 4 is 22.9 Å². The van der Waals surface area contributed by atoms with Crippen LogP contribution < -0.4 is 10.6 Å². The fourth-order valence-electron chi connectivity index (χ4n) is 3.23. The molecule has 4 rings (SSSR count). The number of carbonyl (C=O) groups is 1. The second-order valence-corrected chi connectivity index (χ2v) is 7.01. The predicted octanol–water partition coefficient (Wildman–Crippen LogP) is 2.89. The summed E-state index contributed by atoms with van der Waals surface area (Å²) in [5.74, 6) is 0.0970. The van der Waals surface area contributed by atoms with Gasteiger partial charge in [-0.2, -0.15) is 0 Å². The Labute approximate surface area is 128 Å². The molecule has 1 aliphatic carbocycles. The van der Waals surface area contributed by atoms with Gasteiger partial charge in [-0.25, -0.2) is 0 Å². The minimum absolute atomic E-state index is 0.0970. The molecule has 2 aromatic rings. The van der Waals surface area contributed by atoms with E-state index in [0.717, 1.165) is 12.1 Å². The number of carbonyl (C=O) groups excluding carboxylic acids is 1. The van der Waals surface area contributed by atoms with Gasteiger partial charge in [-0.15, -0.1) is 11.3 Å². The predicted molar refractivity (Wildman–Crippen MR) is 85.7 cm³/mol. The molecule has 4 heteroatoms. The molecule has 1 amide bonds. The molecule has 1 aromatic heterocycles. The molecule has 0 radical (unpaired) electrons. The van der Waals surface area contributed by atoms with Crippen molar-refractivity contribution in [1.29, 1.82) is 0 Å². The minimum atomic E-state index is -0.130. The van der Waals surface area contributed by atoms with E-state index in [1.165, 1.54) is 40.1 Å². The molecule has 0 saturated heterocycles. The van der Waals surface area contributed by atoms with Gasteiger partial charge in [0, 0.05) is 21.9 Å². The molecular formula is C17H18N2OS. The molecule has 1 aromatic carbocycles. The van der Waals surface area contributed by atoms with Crippen LogP contribution in [-0.2, 0) is 30.6 Å². The van der Waals surface area contributed by atoms with Crippen molar-refractivity contribution in [3.63, 3.8) is 0 Å². The van der Waals surface area contributed by atoms with E-state index in [1.807, 2.05) is 29.5 Å². The van der Waals surface area contributed by atoms with Crippen LogP contribution in [0.2, 0.25) is 0 Å². The summed E-state index contributed by atoms with van der Waals surface area (Å²) in [6.45, 7) is 0.658. The van der Waals surface area contributed by atoms with Crippen molar-refractivity contribution in [3.05, 3.63) is 51.2 Å². The summed E-state index contributed by atoms with van der Waals surface area (Å²) in [4.78, 5) is 15.1. The van der Waals surface area contributed by atoms with Crippen molar-refractivity contribution in [2.45, 2.75) is 38.3 Å². The van der Waals surface area contributed by atoms with Crippen LogP contribution in [0.4, 0.5) is 5.69 Å². The van der Waals surface area contributed by atoms with E-state index >= 15 is 0 Å². The number of hydrogen-bond donors (Lipinski definition) is 2. The molecule has 1 aliphatic heterocycles. The fraction of sp³-hybridized carbons (Fsp3) is 0.353. The fourth-order valence-corrected chi connectivity index (χ4v) is 4.43. The van der Waals surface area contributed by atoms with Crippen LogP contribution in [0.3, 0.4) is 0 Å². The number of fused-ring (bicyclic) bond motifs is 2. The molecule has 0 spiro atoms. The smallest absolute Gasteiger partial charge is 0.243 e. The maximum Gasteiger partial charge on any atom is 0.243 e. The van der Waals surface area contributed by atoms with E-state index in [0.29, 0.717) is 6.54 Å². The van der Waals surface area contributed by atoms with Gasteiger partial charge in [0.15, 0.2) is 0 Å². The van der Waals surface area contributed by atoms with Gasteiger partial charge in [-0.3, -0.25) is 4.79 Å². The highest BCUT2D eigenvalue weighted by Crippen LogP contribution is 2.30. The van der Waals surface area contributed by atoms with E-state index in [9.17, 15) is 4.79 Å². The van der Waals surface area contributed by atoms with Gasteiger partial charge in [0.05, 0.1) is 6.54 Å². The third kappa shape index (κ3) is 2.44. The van der Waals surface area contributed by atoms with E-state index < -0.39 is 0 Å². The van der Waals surface area contributed by atoms with Gasteiger partial charge >= 0.3 is 0 Å². The zero-order valence-corrected chi connectivity index (χ0v) is 12.6. The average Bonchev–Trinajstić information content (AvgIpc) is 3.17.